The maximum atomic E-state index is 3.84. The molecule has 0 radical (unpaired) electrons. The molecule has 0 bridgehead atoms. The summed E-state index contributed by atoms with van der Waals surface area (Å²) in [7, 11) is 1.68. The molecule has 0 saturated carbocycles. The van der Waals surface area contributed by atoms with Gasteiger partial charge >= 0.3 is 0 Å². The van der Waals surface area contributed by atoms with Gasteiger partial charge in [0, 0.05) is 7.05 Å². The third-order valence-electron chi connectivity index (χ3n) is 0.998. The van der Waals surface area contributed by atoms with Crippen molar-refractivity contribution in [2.75, 3.05) is 0 Å². The number of rotatable bonds is 0. The molecule has 2 rings (SSSR count). The maximum absolute atomic E-state index is 3.84. The fourth-order valence-electron chi connectivity index (χ4n) is 0.640. The van der Waals surface area contributed by atoms with E-state index in [1.165, 1.54) is 4.80 Å². The van der Waals surface area contributed by atoms with Crippen molar-refractivity contribution in [1.82, 2.24) is 35.6 Å². The van der Waals surface area contributed by atoms with E-state index in [4.69, 9.17) is 0 Å². The van der Waals surface area contributed by atoms with Gasteiger partial charge in [0.05, 0.1) is 0 Å². The van der Waals surface area contributed by atoms with E-state index in [1.54, 1.807) is 7.05 Å². The molecule has 7 heteroatoms. The molecule has 0 aliphatic rings. The molecule has 2 aromatic rings. The predicted octanol–water partition coefficient (Wildman–Crippen LogP) is -1.45. The first-order valence-electron chi connectivity index (χ1n) is 2.59. The van der Waals surface area contributed by atoms with Gasteiger partial charge in [-0.05, 0) is 10.4 Å². The molecule has 0 aromatic carbocycles. The first kappa shape index (κ1) is 5.15. The van der Waals surface area contributed by atoms with E-state index in [9.17, 15) is 0 Å². The van der Waals surface area contributed by atoms with E-state index in [0.29, 0.717) is 11.3 Å². The molecular weight excluding hydrogens is 134 g/mol. The second-order valence-electron chi connectivity index (χ2n) is 1.72. The number of hydrogen-bond donors (Lipinski definition) is 0. The summed E-state index contributed by atoms with van der Waals surface area (Å²) < 4.78 is 0. The average Bonchev–Trinajstić information content (AvgIpc) is 2.27. The molecule has 0 aliphatic carbocycles. The highest BCUT2D eigenvalue weighted by atomic mass is 15.5. The summed E-state index contributed by atoms with van der Waals surface area (Å²) in [5.41, 5.74) is 0.829. The largest absolute Gasteiger partial charge is 0.245 e. The Labute approximate surface area is 55.1 Å². The smallest absolute Gasteiger partial charge is 0.184 e. The van der Waals surface area contributed by atoms with Crippen molar-refractivity contribution in [3.05, 3.63) is 0 Å². The van der Waals surface area contributed by atoms with E-state index < -0.39 is 0 Å². The van der Waals surface area contributed by atoms with Crippen LogP contribution in [0.1, 0.15) is 0 Å². The van der Waals surface area contributed by atoms with Crippen LogP contribution in [0.4, 0.5) is 0 Å². The molecule has 0 fully saturated rings. The normalized spacial score (nSPS) is 10.5. The van der Waals surface area contributed by atoms with Crippen molar-refractivity contribution >= 4 is 11.3 Å². The Balaban J connectivity index is 2.88. The number of fused-ring (bicyclic) bond motifs is 1. The molecule has 0 aliphatic heterocycles. The lowest BCUT2D eigenvalue weighted by Crippen LogP contribution is -1.90. The molecule has 0 atom stereocenters. The minimum Gasteiger partial charge on any atom is -0.184 e. The third kappa shape index (κ3) is 0.601. The van der Waals surface area contributed by atoms with E-state index in [-0.39, 0.29) is 0 Å². The van der Waals surface area contributed by atoms with Gasteiger partial charge in [0.1, 0.15) is 0 Å². The van der Waals surface area contributed by atoms with Crippen LogP contribution >= 0.6 is 0 Å². The van der Waals surface area contributed by atoms with Crippen LogP contribution < -0.4 is 0 Å². The minimum atomic E-state index is 0.414. The Morgan fingerprint density at radius 3 is 2.00 bits per heavy atom. The molecular formula is C3H3N7. The van der Waals surface area contributed by atoms with Crippen molar-refractivity contribution in [1.29, 1.82) is 0 Å². The van der Waals surface area contributed by atoms with Gasteiger partial charge in [-0.25, -0.2) is 0 Å². The molecule has 0 amide bonds. The maximum Gasteiger partial charge on any atom is 0.245 e. The summed E-state index contributed by atoms with van der Waals surface area (Å²) in [5.74, 6) is 0. The first-order chi connectivity index (χ1) is 4.86. The van der Waals surface area contributed by atoms with E-state index in [1.807, 2.05) is 0 Å². The molecule has 2 heterocycles. The SMILES string of the molecule is Cn1nc2nnnnc2n1. The number of aromatic nitrogens is 7. The molecule has 0 N–H and O–H groups in total. The van der Waals surface area contributed by atoms with Gasteiger partial charge in [-0.1, -0.05) is 0 Å². The lowest BCUT2D eigenvalue weighted by Gasteiger charge is -1.74. The molecule has 0 saturated heterocycles. The van der Waals surface area contributed by atoms with Crippen LogP contribution in [0, 0.1) is 0 Å². The first-order valence-corrected chi connectivity index (χ1v) is 2.59. The van der Waals surface area contributed by atoms with Gasteiger partial charge in [-0.3, -0.25) is 0 Å². The van der Waals surface area contributed by atoms with Crippen LogP contribution in [0.25, 0.3) is 11.3 Å². The monoisotopic (exact) mass is 137 g/mol. The lowest BCUT2D eigenvalue weighted by molar-refractivity contribution is 0.661. The van der Waals surface area contributed by atoms with Gasteiger partial charge < -0.3 is 0 Å². The quantitative estimate of drug-likeness (QED) is 0.441. The van der Waals surface area contributed by atoms with Crippen molar-refractivity contribution in [2.24, 2.45) is 7.05 Å². The topological polar surface area (TPSA) is 82.3 Å². The van der Waals surface area contributed by atoms with Crippen LogP contribution in [0.15, 0.2) is 0 Å². The van der Waals surface area contributed by atoms with Crippen molar-refractivity contribution in [3.63, 3.8) is 0 Å². The summed E-state index contributed by atoms with van der Waals surface area (Å²) in [4.78, 5) is 1.37. The third-order valence-corrected chi connectivity index (χ3v) is 0.998. The Kier molecular flexibility index (Phi) is 0.854. The highest BCUT2D eigenvalue weighted by Gasteiger charge is 2.00. The van der Waals surface area contributed by atoms with Gasteiger partial charge in [-0.15, -0.1) is 20.4 Å². The molecule has 2 aromatic heterocycles. The lowest BCUT2D eigenvalue weighted by atomic mass is 10.8. The number of nitrogens with zero attached hydrogens (tertiary/aromatic N) is 7. The summed E-state index contributed by atoms with van der Waals surface area (Å²) >= 11 is 0. The van der Waals surface area contributed by atoms with E-state index in [0.717, 1.165) is 0 Å². The fraction of sp³-hybridized carbons (Fsp3) is 0.333. The fourth-order valence-corrected chi connectivity index (χ4v) is 0.640. The van der Waals surface area contributed by atoms with Crippen LogP contribution in [-0.4, -0.2) is 35.6 Å². The van der Waals surface area contributed by atoms with Crippen LogP contribution in [0.3, 0.4) is 0 Å². The standard InChI is InChI=1S/C3H3N7/c1-10-6-2-3(7-10)5-9-8-4-2/h1H3. The Hall–Kier alpha value is -1.66. The van der Waals surface area contributed by atoms with Gasteiger partial charge in [-0.2, -0.15) is 4.80 Å². The second kappa shape index (κ2) is 1.66. The number of hydrogen-bond acceptors (Lipinski definition) is 6. The van der Waals surface area contributed by atoms with Gasteiger partial charge in [0.25, 0.3) is 0 Å². The van der Waals surface area contributed by atoms with E-state index >= 15 is 0 Å². The highest BCUT2D eigenvalue weighted by Crippen LogP contribution is 1.93. The zero-order valence-electron chi connectivity index (χ0n) is 5.13. The molecule has 50 valence electrons. The van der Waals surface area contributed by atoms with Gasteiger partial charge in [0.15, 0.2) is 0 Å². The van der Waals surface area contributed by atoms with Gasteiger partial charge in [0.2, 0.25) is 11.3 Å². The molecule has 10 heavy (non-hydrogen) atoms. The summed E-state index contributed by atoms with van der Waals surface area (Å²) in [6.07, 6.45) is 0. The summed E-state index contributed by atoms with van der Waals surface area (Å²) in [5, 5.41) is 21.5. The minimum absolute atomic E-state index is 0.414. The number of aryl methyl sites for hydroxylation is 1. The average molecular weight is 137 g/mol. The zero-order valence-corrected chi connectivity index (χ0v) is 5.13. The Bertz CT molecular complexity index is 317. The highest BCUT2D eigenvalue weighted by molar-refractivity contribution is 5.60. The van der Waals surface area contributed by atoms with Crippen molar-refractivity contribution < 1.29 is 0 Å². The Morgan fingerprint density at radius 1 is 1.00 bits per heavy atom. The Morgan fingerprint density at radius 2 is 1.50 bits per heavy atom. The van der Waals surface area contributed by atoms with Crippen molar-refractivity contribution in [3.8, 4) is 0 Å². The second-order valence-corrected chi connectivity index (χ2v) is 1.72. The van der Waals surface area contributed by atoms with Crippen LogP contribution in [0.5, 0.6) is 0 Å². The molecule has 0 spiro atoms. The van der Waals surface area contributed by atoms with Crippen LogP contribution in [0.2, 0.25) is 0 Å². The molecule has 7 nitrogen and oxygen atoms in total. The van der Waals surface area contributed by atoms with E-state index in [2.05, 4.69) is 30.8 Å². The zero-order chi connectivity index (χ0) is 6.97. The predicted molar refractivity (Wildman–Crippen MR) is 29.7 cm³/mol. The van der Waals surface area contributed by atoms with Crippen LogP contribution in [-0.2, 0) is 7.05 Å². The summed E-state index contributed by atoms with van der Waals surface area (Å²) in [6.45, 7) is 0. The molecule has 0 unspecified atom stereocenters. The van der Waals surface area contributed by atoms with Crippen molar-refractivity contribution in [2.45, 2.75) is 0 Å². The summed E-state index contributed by atoms with van der Waals surface area (Å²) in [6, 6.07) is 0.